The van der Waals surface area contributed by atoms with E-state index < -0.39 is 6.61 Å². The lowest BCUT2D eigenvalue weighted by Gasteiger charge is -2.14. The molecule has 4 nitrogen and oxygen atoms in total. The van der Waals surface area contributed by atoms with E-state index in [0.29, 0.717) is 31.5 Å². The highest BCUT2D eigenvalue weighted by molar-refractivity contribution is 5.43. The van der Waals surface area contributed by atoms with Crippen molar-refractivity contribution in [3.8, 4) is 11.5 Å². The summed E-state index contributed by atoms with van der Waals surface area (Å²) in [5.41, 5.74) is 0.960. The Morgan fingerprint density at radius 1 is 1.40 bits per heavy atom. The van der Waals surface area contributed by atoms with Crippen LogP contribution in [0.1, 0.15) is 18.9 Å². The molecule has 0 saturated carbocycles. The molecule has 1 atom stereocenters. The van der Waals surface area contributed by atoms with Crippen LogP contribution in [-0.2, 0) is 11.3 Å². The molecule has 112 valence electrons. The van der Waals surface area contributed by atoms with Crippen LogP contribution in [0.25, 0.3) is 0 Å². The maximum atomic E-state index is 12.3. The first-order valence-corrected chi connectivity index (χ1v) is 6.70. The van der Waals surface area contributed by atoms with E-state index in [0.717, 1.165) is 18.6 Å². The van der Waals surface area contributed by atoms with E-state index >= 15 is 0 Å². The number of hydrogen-bond acceptors (Lipinski definition) is 4. The van der Waals surface area contributed by atoms with Crippen molar-refractivity contribution >= 4 is 0 Å². The highest BCUT2D eigenvalue weighted by atomic mass is 19.3. The molecule has 0 aliphatic carbocycles. The van der Waals surface area contributed by atoms with Crippen molar-refractivity contribution in [2.45, 2.75) is 32.5 Å². The van der Waals surface area contributed by atoms with Gasteiger partial charge in [-0.3, -0.25) is 0 Å². The van der Waals surface area contributed by atoms with Crippen molar-refractivity contribution in [3.63, 3.8) is 0 Å². The first-order valence-electron chi connectivity index (χ1n) is 6.70. The summed E-state index contributed by atoms with van der Waals surface area (Å²) in [5, 5.41) is 3.36. The maximum Gasteiger partial charge on any atom is 0.387 e. The average molecular weight is 287 g/mol. The highest BCUT2D eigenvalue weighted by Crippen LogP contribution is 2.29. The molecule has 1 fully saturated rings. The topological polar surface area (TPSA) is 39.7 Å². The third-order valence-electron chi connectivity index (χ3n) is 3.05. The average Bonchev–Trinajstić information content (AvgIpc) is 2.92. The van der Waals surface area contributed by atoms with E-state index in [-0.39, 0.29) is 5.75 Å². The minimum absolute atomic E-state index is 0.0646. The molecular weight excluding hydrogens is 268 g/mol. The van der Waals surface area contributed by atoms with Gasteiger partial charge in [-0.05, 0) is 31.0 Å². The molecule has 0 spiro atoms. The number of alkyl halides is 2. The van der Waals surface area contributed by atoms with E-state index in [2.05, 4.69) is 10.1 Å². The fraction of sp³-hybridized carbons (Fsp3) is 0.571. The van der Waals surface area contributed by atoms with Crippen LogP contribution < -0.4 is 14.8 Å². The van der Waals surface area contributed by atoms with E-state index in [1.807, 2.05) is 0 Å². The molecule has 1 aromatic carbocycles. The molecule has 1 heterocycles. The van der Waals surface area contributed by atoms with Gasteiger partial charge in [-0.25, -0.2) is 0 Å². The minimum Gasteiger partial charge on any atom is -0.490 e. The maximum absolute atomic E-state index is 12.3. The summed E-state index contributed by atoms with van der Waals surface area (Å²) < 4.78 is 39.6. The van der Waals surface area contributed by atoms with Crippen LogP contribution in [0, 0.1) is 0 Å². The minimum atomic E-state index is -2.85. The summed E-state index contributed by atoms with van der Waals surface area (Å²) >= 11 is 0. The first-order chi connectivity index (χ1) is 9.69. The Kier molecular flexibility index (Phi) is 5.55. The normalized spacial score (nSPS) is 18.5. The van der Waals surface area contributed by atoms with Gasteiger partial charge in [0.05, 0.1) is 13.2 Å². The molecule has 0 radical (unpaired) electrons. The van der Waals surface area contributed by atoms with Crippen LogP contribution in [0.15, 0.2) is 18.2 Å². The zero-order chi connectivity index (χ0) is 14.4. The molecule has 1 aromatic rings. The van der Waals surface area contributed by atoms with Crippen LogP contribution in [-0.4, -0.2) is 32.5 Å². The van der Waals surface area contributed by atoms with Gasteiger partial charge in [0.2, 0.25) is 0 Å². The third-order valence-corrected chi connectivity index (χ3v) is 3.05. The summed E-state index contributed by atoms with van der Waals surface area (Å²) in [6, 6.07) is 5.34. The molecule has 1 aliphatic heterocycles. The number of nitrogens with one attached hydrogen (secondary N) is 1. The lowest BCUT2D eigenvalue weighted by Crippen LogP contribution is -2.28. The molecule has 0 amide bonds. The standard InChI is InChI=1S/C14H19F2NO3/c1-2-19-13-7-10(3-4-12(13)20-14(15)16)8-17-11-5-6-18-9-11/h3-4,7,11,14,17H,2,5-6,8-9H2,1H3. The van der Waals surface area contributed by atoms with Crippen molar-refractivity contribution in [1.29, 1.82) is 0 Å². The van der Waals surface area contributed by atoms with Gasteiger partial charge in [0.25, 0.3) is 0 Å². The molecule has 1 saturated heterocycles. The fourth-order valence-electron chi connectivity index (χ4n) is 2.08. The summed E-state index contributed by atoms with van der Waals surface area (Å²) in [4.78, 5) is 0. The number of hydrogen-bond donors (Lipinski definition) is 1. The van der Waals surface area contributed by atoms with Crippen molar-refractivity contribution < 1.29 is 23.0 Å². The summed E-state index contributed by atoms with van der Waals surface area (Å²) in [6.45, 7) is 1.48. The lowest BCUT2D eigenvalue weighted by atomic mass is 10.1. The van der Waals surface area contributed by atoms with E-state index in [4.69, 9.17) is 9.47 Å². The van der Waals surface area contributed by atoms with Gasteiger partial charge in [0, 0.05) is 19.2 Å². The monoisotopic (exact) mass is 287 g/mol. The molecule has 1 aliphatic rings. The largest absolute Gasteiger partial charge is 0.490 e. The first kappa shape index (κ1) is 15.0. The van der Waals surface area contributed by atoms with Crippen LogP contribution in [0.3, 0.4) is 0 Å². The third kappa shape index (κ3) is 4.31. The van der Waals surface area contributed by atoms with Gasteiger partial charge in [0.15, 0.2) is 11.5 Å². The van der Waals surface area contributed by atoms with Gasteiger partial charge >= 0.3 is 6.61 Å². The predicted octanol–water partition coefficient (Wildman–Crippen LogP) is 2.57. The van der Waals surface area contributed by atoms with Gasteiger partial charge < -0.3 is 19.5 Å². The molecular formula is C14H19F2NO3. The fourth-order valence-corrected chi connectivity index (χ4v) is 2.08. The molecule has 1 unspecified atom stereocenters. The van der Waals surface area contributed by atoms with Crippen molar-refractivity contribution in [3.05, 3.63) is 23.8 Å². The zero-order valence-corrected chi connectivity index (χ0v) is 11.4. The SMILES string of the molecule is CCOc1cc(CNC2CCOC2)ccc1OC(F)F. The van der Waals surface area contributed by atoms with E-state index in [1.165, 1.54) is 6.07 Å². The second-order valence-electron chi connectivity index (χ2n) is 4.53. The molecule has 0 bridgehead atoms. The summed E-state index contributed by atoms with van der Waals surface area (Å²) in [7, 11) is 0. The number of ether oxygens (including phenoxy) is 3. The number of benzene rings is 1. The molecule has 1 N–H and O–H groups in total. The van der Waals surface area contributed by atoms with E-state index in [1.54, 1.807) is 19.1 Å². The lowest BCUT2D eigenvalue weighted by molar-refractivity contribution is -0.0514. The van der Waals surface area contributed by atoms with Gasteiger partial charge in [-0.2, -0.15) is 8.78 Å². The smallest absolute Gasteiger partial charge is 0.387 e. The molecule has 2 rings (SSSR count). The number of halogens is 2. The van der Waals surface area contributed by atoms with Crippen LogP contribution in [0.5, 0.6) is 11.5 Å². The Morgan fingerprint density at radius 3 is 2.90 bits per heavy atom. The van der Waals surface area contributed by atoms with Crippen molar-refractivity contribution in [2.24, 2.45) is 0 Å². The Hall–Kier alpha value is -1.40. The summed E-state index contributed by atoms with van der Waals surface area (Å²) in [5.74, 6) is 0.407. The van der Waals surface area contributed by atoms with Crippen LogP contribution >= 0.6 is 0 Å². The zero-order valence-electron chi connectivity index (χ0n) is 11.4. The van der Waals surface area contributed by atoms with Gasteiger partial charge in [0.1, 0.15) is 0 Å². The molecule has 0 aromatic heterocycles. The Morgan fingerprint density at radius 2 is 2.25 bits per heavy atom. The van der Waals surface area contributed by atoms with Crippen LogP contribution in [0.2, 0.25) is 0 Å². The molecule has 20 heavy (non-hydrogen) atoms. The van der Waals surface area contributed by atoms with Crippen LogP contribution in [0.4, 0.5) is 8.78 Å². The second kappa shape index (κ2) is 7.40. The number of rotatable bonds is 7. The second-order valence-corrected chi connectivity index (χ2v) is 4.53. The quantitative estimate of drug-likeness (QED) is 0.836. The predicted molar refractivity (Wildman–Crippen MR) is 70.3 cm³/mol. The van der Waals surface area contributed by atoms with Gasteiger partial charge in [-0.1, -0.05) is 6.07 Å². The Bertz CT molecular complexity index is 423. The molecule has 6 heteroatoms. The van der Waals surface area contributed by atoms with E-state index in [9.17, 15) is 8.78 Å². The Balaban J connectivity index is 2.00. The van der Waals surface area contributed by atoms with Crippen molar-refractivity contribution in [2.75, 3.05) is 19.8 Å². The Labute approximate surface area is 117 Å². The van der Waals surface area contributed by atoms with Crippen molar-refractivity contribution in [1.82, 2.24) is 5.32 Å². The highest BCUT2D eigenvalue weighted by Gasteiger charge is 2.15. The summed E-state index contributed by atoms with van der Waals surface area (Å²) in [6.07, 6.45) is 0.991. The van der Waals surface area contributed by atoms with Gasteiger partial charge in [-0.15, -0.1) is 0 Å².